The van der Waals surface area contributed by atoms with Crippen molar-refractivity contribution in [1.82, 2.24) is 24.4 Å². The number of thiophene rings is 1. The maximum Gasteiger partial charge on any atom is 0.433 e. The molecule has 0 bridgehead atoms. The Morgan fingerprint density at radius 1 is 1.14 bits per heavy atom. The summed E-state index contributed by atoms with van der Waals surface area (Å²) < 4.78 is 57.6. The molecule has 0 radical (unpaired) electrons. The molecule has 1 N–H and O–H groups in total. The lowest BCUT2D eigenvalue weighted by Crippen LogP contribution is -2.16. The lowest BCUT2D eigenvalue weighted by Gasteiger charge is -2.10. The van der Waals surface area contributed by atoms with Crippen LogP contribution in [0.1, 0.15) is 27.4 Å². The van der Waals surface area contributed by atoms with Crippen LogP contribution < -0.4 is 5.32 Å². The average molecular weight is 569 g/mol. The first-order chi connectivity index (χ1) is 17.5. The van der Waals surface area contributed by atoms with Crippen molar-refractivity contribution < 1.29 is 22.4 Å². The van der Waals surface area contributed by atoms with Gasteiger partial charge in [0, 0.05) is 22.3 Å². The Kier molecular flexibility index (Phi) is 6.42. The first kappa shape index (κ1) is 25.2. The molecule has 0 saturated heterocycles. The topological polar surface area (TPSA) is 77.1 Å². The third-order valence-electron chi connectivity index (χ3n) is 5.40. The van der Waals surface area contributed by atoms with E-state index < -0.39 is 29.3 Å². The minimum absolute atomic E-state index is 0.00725. The molecular weight excluding hydrogens is 555 g/mol. The van der Waals surface area contributed by atoms with Gasteiger partial charge in [0.05, 0.1) is 17.1 Å². The summed E-state index contributed by atoms with van der Waals surface area (Å²) in [5.41, 5.74) is -1.09. The van der Waals surface area contributed by atoms with Gasteiger partial charge in [-0.05, 0) is 36.6 Å². The largest absolute Gasteiger partial charge is 0.433 e. The zero-order valence-corrected chi connectivity index (χ0v) is 21.0. The highest BCUT2D eigenvalue weighted by atomic mass is 35.5. The minimum Gasteiger partial charge on any atom is -0.304 e. The Morgan fingerprint density at radius 2 is 1.92 bits per heavy atom. The molecule has 1 amide bonds. The van der Waals surface area contributed by atoms with Gasteiger partial charge in [-0.25, -0.2) is 13.9 Å². The lowest BCUT2D eigenvalue weighted by molar-refractivity contribution is -0.142. The molecule has 0 aliphatic heterocycles. The van der Waals surface area contributed by atoms with Crippen molar-refractivity contribution in [1.29, 1.82) is 0 Å². The minimum atomic E-state index is -4.79. The van der Waals surface area contributed by atoms with Crippen LogP contribution in [-0.4, -0.2) is 30.3 Å². The van der Waals surface area contributed by atoms with E-state index in [1.165, 1.54) is 34.2 Å². The fourth-order valence-corrected chi connectivity index (χ4v) is 4.78. The Labute approximate surface area is 220 Å². The SMILES string of the molecule is Cc1cc(NC(=O)c2nn3c(C(F)(F)F)cc(-c4cccs4)nc3c2Cl)nn1Cc1c(F)cccc1Cl. The molecule has 1 aromatic carbocycles. The van der Waals surface area contributed by atoms with Crippen LogP contribution in [0.4, 0.5) is 23.4 Å². The second kappa shape index (κ2) is 9.43. The number of aromatic nitrogens is 5. The fraction of sp³-hybridized carbons (Fsp3) is 0.130. The molecule has 0 spiro atoms. The van der Waals surface area contributed by atoms with E-state index in [2.05, 4.69) is 20.5 Å². The normalized spacial score (nSPS) is 11.9. The molecule has 0 aliphatic carbocycles. The van der Waals surface area contributed by atoms with Crippen LogP contribution in [0.15, 0.2) is 47.8 Å². The quantitative estimate of drug-likeness (QED) is 0.238. The molecular formula is C23H14Cl2F4N6OS. The molecule has 5 rings (SSSR count). The monoisotopic (exact) mass is 568 g/mol. The van der Waals surface area contributed by atoms with Crippen LogP contribution in [0, 0.1) is 12.7 Å². The zero-order valence-electron chi connectivity index (χ0n) is 18.6. The van der Waals surface area contributed by atoms with Crippen molar-refractivity contribution >= 4 is 51.9 Å². The van der Waals surface area contributed by atoms with E-state index in [1.807, 2.05) is 0 Å². The fourth-order valence-electron chi connectivity index (χ4n) is 3.63. The summed E-state index contributed by atoms with van der Waals surface area (Å²) >= 11 is 13.6. The number of carbonyl (C=O) groups excluding carboxylic acids is 1. The van der Waals surface area contributed by atoms with E-state index in [-0.39, 0.29) is 39.3 Å². The van der Waals surface area contributed by atoms with Crippen LogP contribution in [0.5, 0.6) is 0 Å². The van der Waals surface area contributed by atoms with Crippen molar-refractivity contribution in [3.05, 3.63) is 86.4 Å². The summed E-state index contributed by atoms with van der Waals surface area (Å²) in [5.74, 6) is -1.35. The number of nitrogens with zero attached hydrogens (tertiary/aromatic N) is 5. The van der Waals surface area contributed by atoms with E-state index in [1.54, 1.807) is 30.5 Å². The second-order valence-electron chi connectivity index (χ2n) is 7.88. The zero-order chi connectivity index (χ0) is 26.5. The maximum absolute atomic E-state index is 14.2. The van der Waals surface area contributed by atoms with Crippen LogP contribution in [0.2, 0.25) is 10.0 Å². The molecule has 7 nitrogen and oxygen atoms in total. The van der Waals surface area contributed by atoms with E-state index in [0.717, 1.165) is 6.07 Å². The molecule has 14 heteroatoms. The number of benzene rings is 1. The highest BCUT2D eigenvalue weighted by molar-refractivity contribution is 7.13. The third-order valence-corrected chi connectivity index (χ3v) is 7.00. The molecule has 5 aromatic rings. The van der Waals surface area contributed by atoms with Crippen molar-refractivity contribution in [3.63, 3.8) is 0 Å². The predicted octanol–water partition coefficient (Wildman–Crippen LogP) is 6.73. The summed E-state index contributed by atoms with van der Waals surface area (Å²) in [6, 6.07) is 9.93. The third kappa shape index (κ3) is 4.79. The van der Waals surface area contributed by atoms with Gasteiger partial charge in [-0.2, -0.15) is 23.4 Å². The summed E-state index contributed by atoms with van der Waals surface area (Å²) in [6.07, 6.45) is -4.79. The van der Waals surface area contributed by atoms with Gasteiger partial charge in [0.25, 0.3) is 5.91 Å². The number of hydrogen-bond donors (Lipinski definition) is 1. The first-order valence-electron chi connectivity index (χ1n) is 10.5. The molecule has 4 heterocycles. The van der Waals surface area contributed by atoms with E-state index >= 15 is 0 Å². The predicted molar refractivity (Wildman–Crippen MR) is 132 cm³/mol. The highest BCUT2D eigenvalue weighted by Gasteiger charge is 2.37. The van der Waals surface area contributed by atoms with Crippen LogP contribution in [0.25, 0.3) is 16.2 Å². The first-order valence-corrected chi connectivity index (χ1v) is 12.2. The Hall–Kier alpha value is -3.48. The Balaban J connectivity index is 1.48. The van der Waals surface area contributed by atoms with E-state index in [4.69, 9.17) is 23.2 Å². The van der Waals surface area contributed by atoms with Gasteiger partial charge >= 0.3 is 6.18 Å². The molecule has 0 saturated carbocycles. The summed E-state index contributed by atoms with van der Waals surface area (Å²) in [5, 5.41) is 12.1. The van der Waals surface area contributed by atoms with Gasteiger partial charge in [0.2, 0.25) is 0 Å². The molecule has 0 atom stereocenters. The van der Waals surface area contributed by atoms with Crippen molar-refractivity contribution in [2.75, 3.05) is 5.32 Å². The van der Waals surface area contributed by atoms with Crippen molar-refractivity contribution in [2.45, 2.75) is 19.6 Å². The smallest absolute Gasteiger partial charge is 0.304 e. The number of carbonyl (C=O) groups is 1. The van der Waals surface area contributed by atoms with Gasteiger partial charge in [0.1, 0.15) is 10.8 Å². The summed E-state index contributed by atoms with van der Waals surface area (Å²) in [4.78, 5) is 17.7. The Morgan fingerprint density at radius 3 is 2.59 bits per heavy atom. The van der Waals surface area contributed by atoms with Crippen LogP contribution >= 0.6 is 34.5 Å². The average Bonchev–Trinajstić information content (AvgIpc) is 3.55. The van der Waals surface area contributed by atoms with Crippen LogP contribution in [0.3, 0.4) is 0 Å². The van der Waals surface area contributed by atoms with E-state index in [0.29, 0.717) is 15.1 Å². The number of rotatable bonds is 5. The molecule has 190 valence electrons. The number of alkyl halides is 3. The molecule has 0 fully saturated rings. The standard InChI is InChI=1S/C23H14Cl2F4N6OS/c1-11-8-18(32-34(11)10-12-13(24)4-2-5-14(12)26)31-22(36)20-19(25)21-30-15(16-6-3-7-37-16)9-17(23(27,28)29)35(21)33-20/h2-9H,10H2,1H3,(H,31,32,36). The van der Waals surface area contributed by atoms with Gasteiger partial charge in [-0.3, -0.25) is 9.48 Å². The van der Waals surface area contributed by atoms with Gasteiger partial charge in [0.15, 0.2) is 22.9 Å². The molecule has 0 aliphatic rings. The molecule has 37 heavy (non-hydrogen) atoms. The van der Waals surface area contributed by atoms with E-state index in [9.17, 15) is 22.4 Å². The number of amides is 1. The number of hydrogen-bond acceptors (Lipinski definition) is 5. The van der Waals surface area contributed by atoms with Gasteiger partial charge in [-0.1, -0.05) is 35.3 Å². The number of fused-ring (bicyclic) bond motifs is 1. The van der Waals surface area contributed by atoms with Gasteiger partial charge in [-0.15, -0.1) is 11.3 Å². The lowest BCUT2D eigenvalue weighted by atomic mass is 10.2. The number of nitrogens with one attached hydrogen (secondary N) is 1. The molecule has 4 aromatic heterocycles. The molecule has 0 unspecified atom stereocenters. The maximum atomic E-state index is 14.2. The highest BCUT2D eigenvalue weighted by Crippen LogP contribution is 2.35. The van der Waals surface area contributed by atoms with Gasteiger partial charge < -0.3 is 5.32 Å². The number of aryl methyl sites for hydroxylation is 1. The summed E-state index contributed by atoms with van der Waals surface area (Å²) in [7, 11) is 0. The number of halogens is 6. The Bertz CT molecular complexity index is 1630. The van der Waals surface area contributed by atoms with Crippen LogP contribution in [-0.2, 0) is 12.7 Å². The summed E-state index contributed by atoms with van der Waals surface area (Å²) in [6.45, 7) is 1.67. The van der Waals surface area contributed by atoms with Crippen molar-refractivity contribution in [3.8, 4) is 10.6 Å². The van der Waals surface area contributed by atoms with Crippen molar-refractivity contribution in [2.24, 2.45) is 0 Å². The number of anilines is 1. The second-order valence-corrected chi connectivity index (χ2v) is 9.62.